The van der Waals surface area contributed by atoms with Gasteiger partial charge in [0.25, 0.3) is 5.95 Å². The Balaban J connectivity index is 1.47. The minimum absolute atomic E-state index is 0.228. The van der Waals surface area contributed by atoms with Crippen molar-refractivity contribution in [3.8, 4) is 5.75 Å². The van der Waals surface area contributed by atoms with Gasteiger partial charge in [-0.1, -0.05) is 13.8 Å². The van der Waals surface area contributed by atoms with Gasteiger partial charge >= 0.3 is 0 Å². The van der Waals surface area contributed by atoms with Crippen molar-refractivity contribution in [2.24, 2.45) is 5.92 Å². The third kappa shape index (κ3) is 4.10. The Hall–Kier alpha value is -1.89. The Labute approximate surface area is 140 Å². The van der Waals surface area contributed by atoms with Crippen LogP contribution in [0.2, 0.25) is 5.28 Å². The number of nitrogens with zero attached hydrogens (tertiary/aromatic N) is 5. The highest BCUT2D eigenvalue weighted by Gasteiger charge is 2.23. The highest BCUT2D eigenvalue weighted by Crippen LogP contribution is 2.23. The summed E-state index contributed by atoms with van der Waals surface area (Å²) in [7, 11) is 0. The predicted octanol–water partition coefficient (Wildman–Crippen LogP) is 2.93. The summed E-state index contributed by atoms with van der Waals surface area (Å²) in [6.45, 7) is 6.55. The van der Waals surface area contributed by atoms with E-state index in [-0.39, 0.29) is 11.2 Å². The molecule has 7 nitrogen and oxygen atoms in total. The summed E-state index contributed by atoms with van der Waals surface area (Å²) in [6, 6.07) is 0. The third-order valence-corrected chi connectivity index (χ3v) is 4.10. The summed E-state index contributed by atoms with van der Waals surface area (Å²) >= 11 is 5.65. The lowest BCUT2D eigenvalue weighted by atomic mass is 9.98. The molecule has 3 heterocycles. The second kappa shape index (κ2) is 7.12. The fourth-order valence-corrected chi connectivity index (χ4v) is 2.58. The number of rotatable bonds is 5. The number of anilines is 1. The van der Waals surface area contributed by atoms with Crippen molar-refractivity contribution >= 4 is 17.5 Å². The summed E-state index contributed by atoms with van der Waals surface area (Å²) in [4.78, 5) is 14.4. The van der Waals surface area contributed by atoms with Gasteiger partial charge in [-0.25, -0.2) is 9.97 Å². The normalized spacial score (nSPS) is 16.1. The molecule has 0 aromatic carbocycles. The van der Waals surface area contributed by atoms with Crippen LogP contribution in [-0.2, 0) is 0 Å². The standard InChI is InChI=1S/C15H20ClN5O2/c1-10(2)13-19-15(20-23-13)21-5-3-11(4-6-21)9-22-12-7-17-14(16)18-8-12/h7-8,10-11H,3-6,9H2,1-2H3. The van der Waals surface area contributed by atoms with Crippen LogP contribution in [-0.4, -0.2) is 39.8 Å². The van der Waals surface area contributed by atoms with E-state index < -0.39 is 0 Å². The first-order chi connectivity index (χ1) is 11.1. The first-order valence-corrected chi connectivity index (χ1v) is 8.18. The van der Waals surface area contributed by atoms with Crippen LogP contribution in [0.1, 0.15) is 38.5 Å². The number of halogens is 1. The van der Waals surface area contributed by atoms with Crippen molar-refractivity contribution in [1.82, 2.24) is 20.1 Å². The highest BCUT2D eigenvalue weighted by molar-refractivity contribution is 6.28. The van der Waals surface area contributed by atoms with Crippen molar-refractivity contribution in [3.63, 3.8) is 0 Å². The molecule has 0 aliphatic carbocycles. The minimum Gasteiger partial charge on any atom is -0.490 e. The third-order valence-electron chi connectivity index (χ3n) is 3.90. The Kier molecular flexibility index (Phi) is 4.95. The average molecular weight is 338 g/mol. The molecule has 0 saturated carbocycles. The number of hydrogen-bond acceptors (Lipinski definition) is 7. The molecule has 23 heavy (non-hydrogen) atoms. The van der Waals surface area contributed by atoms with E-state index in [1.807, 2.05) is 13.8 Å². The lowest BCUT2D eigenvalue weighted by Gasteiger charge is -2.30. The van der Waals surface area contributed by atoms with Gasteiger partial charge in [-0.3, -0.25) is 0 Å². The number of piperidine rings is 1. The molecule has 124 valence electrons. The number of hydrogen-bond donors (Lipinski definition) is 0. The van der Waals surface area contributed by atoms with Crippen LogP contribution in [0, 0.1) is 5.92 Å². The van der Waals surface area contributed by atoms with Gasteiger partial charge in [0.1, 0.15) is 0 Å². The van der Waals surface area contributed by atoms with Gasteiger partial charge in [-0.2, -0.15) is 4.98 Å². The molecular formula is C15H20ClN5O2. The Morgan fingerprint density at radius 3 is 2.61 bits per heavy atom. The molecule has 1 fully saturated rings. The van der Waals surface area contributed by atoms with E-state index >= 15 is 0 Å². The fourth-order valence-electron chi connectivity index (χ4n) is 2.48. The van der Waals surface area contributed by atoms with Gasteiger partial charge in [0, 0.05) is 19.0 Å². The maximum atomic E-state index is 5.73. The van der Waals surface area contributed by atoms with E-state index in [2.05, 4.69) is 25.0 Å². The van der Waals surface area contributed by atoms with Gasteiger partial charge in [0.05, 0.1) is 19.0 Å². The van der Waals surface area contributed by atoms with Gasteiger partial charge < -0.3 is 14.2 Å². The monoisotopic (exact) mass is 337 g/mol. The number of ether oxygens (including phenoxy) is 1. The second-order valence-electron chi connectivity index (χ2n) is 6.02. The number of aromatic nitrogens is 4. The van der Waals surface area contributed by atoms with Gasteiger partial charge in [-0.15, -0.1) is 0 Å². The molecule has 0 amide bonds. The second-order valence-corrected chi connectivity index (χ2v) is 6.35. The summed E-state index contributed by atoms with van der Waals surface area (Å²) < 4.78 is 11.0. The smallest absolute Gasteiger partial charge is 0.266 e. The molecule has 1 saturated heterocycles. The molecular weight excluding hydrogens is 318 g/mol. The van der Waals surface area contributed by atoms with Gasteiger partial charge in [0.2, 0.25) is 11.2 Å². The SMILES string of the molecule is CC(C)c1nc(N2CCC(COc3cnc(Cl)nc3)CC2)no1. The Morgan fingerprint density at radius 1 is 1.30 bits per heavy atom. The zero-order chi connectivity index (χ0) is 16.2. The fraction of sp³-hybridized carbons (Fsp3) is 0.600. The van der Waals surface area contributed by atoms with E-state index in [1.165, 1.54) is 0 Å². The quantitative estimate of drug-likeness (QED) is 0.776. The molecule has 3 rings (SSSR count). The molecule has 0 unspecified atom stereocenters. The molecule has 2 aromatic rings. The predicted molar refractivity (Wildman–Crippen MR) is 85.9 cm³/mol. The van der Waals surface area contributed by atoms with E-state index in [4.69, 9.17) is 20.9 Å². The Bertz CT molecular complexity index is 623. The van der Waals surface area contributed by atoms with Crippen LogP contribution in [0.25, 0.3) is 0 Å². The highest BCUT2D eigenvalue weighted by atomic mass is 35.5. The van der Waals surface area contributed by atoms with Crippen molar-refractivity contribution in [1.29, 1.82) is 0 Å². The lowest BCUT2D eigenvalue weighted by Crippen LogP contribution is -2.36. The maximum Gasteiger partial charge on any atom is 0.266 e. The molecule has 1 aliphatic rings. The molecule has 0 atom stereocenters. The molecule has 0 bridgehead atoms. The molecule has 0 spiro atoms. The molecule has 8 heteroatoms. The van der Waals surface area contributed by atoms with E-state index in [0.717, 1.165) is 25.9 Å². The van der Waals surface area contributed by atoms with Crippen molar-refractivity contribution in [2.75, 3.05) is 24.6 Å². The van der Waals surface area contributed by atoms with Crippen LogP contribution < -0.4 is 9.64 Å². The summed E-state index contributed by atoms with van der Waals surface area (Å²) in [5.41, 5.74) is 0. The van der Waals surface area contributed by atoms with E-state index in [1.54, 1.807) is 12.4 Å². The zero-order valence-corrected chi connectivity index (χ0v) is 14.0. The zero-order valence-electron chi connectivity index (χ0n) is 13.3. The Morgan fingerprint density at radius 2 is 2.00 bits per heavy atom. The average Bonchev–Trinajstić information content (AvgIpc) is 3.05. The van der Waals surface area contributed by atoms with Gasteiger partial charge in [0.15, 0.2) is 5.75 Å². The van der Waals surface area contributed by atoms with Crippen LogP contribution >= 0.6 is 11.6 Å². The van der Waals surface area contributed by atoms with Crippen LogP contribution in [0.3, 0.4) is 0 Å². The summed E-state index contributed by atoms with van der Waals surface area (Å²) in [5, 5.41) is 4.30. The van der Waals surface area contributed by atoms with E-state index in [9.17, 15) is 0 Å². The van der Waals surface area contributed by atoms with Crippen LogP contribution in [0.15, 0.2) is 16.9 Å². The van der Waals surface area contributed by atoms with Gasteiger partial charge in [-0.05, 0) is 35.5 Å². The van der Waals surface area contributed by atoms with E-state index in [0.29, 0.717) is 30.1 Å². The van der Waals surface area contributed by atoms with Crippen molar-refractivity contribution in [2.45, 2.75) is 32.6 Å². The molecule has 0 radical (unpaired) electrons. The molecule has 2 aromatic heterocycles. The first-order valence-electron chi connectivity index (χ1n) is 7.80. The largest absolute Gasteiger partial charge is 0.490 e. The molecule has 1 aliphatic heterocycles. The van der Waals surface area contributed by atoms with Crippen LogP contribution in [0.4, 0.5) is 5.95 Å². The summed E-state index contributed by atoms with van der Waals surface area (Å²) in [6.07, 6.45) is 5.24. The van der Waals surface area contributed by atoms with Crippen molar-refractivity contribution < 1.29 is 9.26 Å². The maximum absolute atomic E-state index is 5.73. The lowest BCUT2D eigenvalue weighted by molar-refractivity contribution is 0.221. The van der Waals surface area contributed by atoms with Crippen molar-refractivity contribution in [3.05, 3.63) is 23.6 Å². The molecule has 0 N–H and O–H groups in total. The summed E-state index contributed by atoms with van der Waals surface area (Å²) in [5.74, 6) is 2.78. The topological polar surface area (TPSA) is 77.2 Å². The first kappa shape index (κ1) is 16.0. The van der Waals surface area contributed by atoms with Crippen LogP contribution in [0.5, 0.6) is 5.75 Å². The minimum atomic E-state index is 0.228.